The molecule has 5 unspecified atom stereocenters. The van der Waals surface area contributed by atoms with Crippen molar-refractivity contribution in [2.45, 2.75) is 45.1 Å². The van der Waals surface area contributed by atoms with Gasteiger partial charge in [0, 0.05) is 11.3 Å². The van der Waals surface area contributed by atoms with E-state index in [9.17, 15) is 9.59 Å². The van der Waals surface area contributed by atoms with Gasteiger partial charge in [-0.1, -0.05) is 31.4 Å². The monoisotopic (exact) mass is 449 g/mol. The van der Waals surface area contributed by atoms with Crippen molar-refractivity contribution < 1.29 is 23.8 Å². The summed E-state index contributed by atoms with van der Waals surface area (Å²) in [5, 5.41) is 0.947. The van der Waals surface area contributed by atoms with Crippen LogP contribution in [0, 0.1) is 29.6 Å². The Bertz CT molecular complexity index is 1080. The Morgan fingerprint density at radius 2 is 2.06 bits per heavy atom. The molecule has 0 amide bonds. The summed E-state index contributed by atoms with van der Waals surface area (Å²) in [5.41, 5.74) is 1.77. The first-order valence-corrected chi connectivity index (χ1v) is 12.0. The number of carbonyl (C=O) groups is 2. The first kappa shape index (κ1) is 21.9. The number of methoxy groups -OCH3 is 1. The van der Waals surface area contributed by atoms with Crippen molar-refractivity contribution in [1.82, 2.24) is 4.98 Å². The van der Waals surface area contributed by atoms with Crippen LogP contribution in [0.25, 0.3) is 17.0 Å². The maximum Gasteiger partial charge on any atom is 0.343 e. The topological polar surface area (TPSA) is 74.7 Å². The van der Waals surface area contributed by atoms with Crippen molar-refractivity contribution in [3.05, 3.63) is 42.1 Å². The first-order chi connectivity index (χ1) is 16.0. The Morgan fingerprint density at radius 1 is 1.21 bits per heavy atom. The largest absolute Gasteiger partial charge is 0.482 e. The second-order valence-corrected chi connectivity index (χ2v) is 9.66. The number of fused-ring (bicyclic) bond motifs is 3. The number of hydrogen-bond acceptors (Lipinski definition) is 6. The molecule has 1 aromatic heterocycles. The molecule has 1 aliphatic heterocycles. The van der Waals surface area contributed by atoms with Crippen molar-refractivity contribution in [2.75, 3.05) is 13.7 Å². The Labute approximate surface area is 194 Å². The highest BCUT2D eigenvalue weighted by Gasteiger charge is 2.53. The maximum absolute atomic E-state index is 12.5. The third-order valence-electron chi connectivity index (χ3n) is 7.83. The molecule has 1 aromatic carbocycles. The number of aromatic nitrogens is 1. The number of pyridine rings is 1. The first-order valence-electron chi connectivity index (χ1n) is 12.0. The van der Waals surface area contributed by atoms with Gasteiger partial charge in [-0.25, -0.2) is 9.78 Å². The number of ether oxygens (including phenoxy) is 3. The van der Waals surface area contributed by atoms with E-state index >= 15 is 0 Å². The normalized spacial score (nSPS) is 31.2. The second kappa shape index (κ2) is 9.16. The van der Waals surface area contributed by atoms with Crippen molar-refractivity contribution in [2.24, 2.45) is 29.6 Å². The Hall–Kier alpha value is -2.89. The molecule has 2 aliphatic carbocycles. The lowest BCUT2D eigenvalue weighted by atomic mass is 9.57. The second-order valence-electron chi connectivity index (χ2n) is 9.66. The average molecular weight is 450 g/mol. The zero-order valence-electron chi connectivity index (χ0n) is 19.2. The van der Waals surface area contributed by atoms with Gasteiger partial charge in [-0.3, -0.25) is 4.79 Å². The summed E-state index contributed by atoms with van der Waals surface area (Å²) in [5.74, 6) is 2.11. The highest BCUT2D eigenvalue weighted by atomic mass is 16.6. The van der Waals surface area contributed by atoms with Crippen LogP contribution >= 0.6 is 0 Å². The van der Waals surface area contributed by atoms with Gasteiger partial charge in [0.1, 0.15) is 11.9 Å². The lowest BCUT2D eigenvalue weighted by Gasteiger charge is -2.45. The molecule has 6 nitrogen and oxygen atoms in total. The number of allylic oxidation sites excluding steroid dienone is 1. The summed E-state index contributed by atoms with van der Waals surface area (Å²) < 4.78 is 15.8. The highest BCUT2D eigenvalue weighted by Crippen LogP contribution is 2.53. The molecule has 5 rings (SSSR count). The van der Waals surface area contributed by atoms with E-state index in [1.807, 2.05) is 30.3 Å². The molecule has 3 aliphatic rings. The Kier molecular flexibility index (Phi) is 6.09. The molecule has 6 heteroatoms. The molecule has 2 heterocycles. The van der Waals surface area contributed by atoms with Gasteiger partial charge < -0.3 is 14.2 Å². The van der Waals surface area contributed by atoms with E-state index < -0.39 is 5.97 Å². The van der Waals surface area contributed by atoms with Crippen LogP contribution in [0.4, 0.5) is 0 Å². The fourth-order valence-corrected chi connectivity index (χ4v) is 6.30. The Morgan fingerprint density at radius 3 is 2.91 bits per heavy atom. The minimum absolute atomic E-state index is 0.00368. The molecule has 2 aromatic rings. The zero-order chi connectivity index (χ0) is 22.9. The van der Waals surface area contributed by atoms with E-state index in [4.69, 9.17) is 14.5 Å². The van der Waals surface area contributed by atoms with Gasteiger partial charge in [0.25, 0.3) is 0 Å². The molecule has 0 spiro atoms. The SMILES string of the molecule is COC(=O)COc1ccc2nc(/C=C/C3C4CCCCC4CC4C(=O)O[C@H](C)C43)ccc2c1. The molecule has 0 radical (unpaired) electrons. The van der Waals surface area contributed by atoms with Gasteiger partial charge in [0.2, 0.25) is 0 Å². The lowest BCUT2D eigenvalue weighted by Crippen LogP contribution is -2.42. The highest BCUT2D eigenvalue weighted by molar-refractivity contribution is 5.81. The van der Waals surface area contributed by atoms with Crippen molar-refractivity contribution in [1.29, 1.82) is 0 Å². The molecule has 1 saturated heterocycles. The van der Waals surface area contributed by atoms with Gasteiger partial charge in [-0.2, -0.15) is 0 Å². The van der Waals surface area contributed by atoms with Crippen LogP contribution in [0.3, 0.4) is 0 Å². The minimum atomic E-state index is -0.414. The Balaban J connectivity index is 1.37. The van der Waals surface area contributed by atoms with E-state index in [1.165, 1.54) is 32.8 Å². The van der Waals surface area contributed by atoms with Crippen molar-refractivity contribution in [3.8, 4) is 5.75 Å². The third-order valence-corrected chi connectivity index (χ3v) is 7.83. The van der Waals surface area contributed by atoms with Crippen LogP contribution < -0.4 is 4.74 Å². The molecule has 0 bridgehead atoms. The third kappa shape index (κ3) is 4.35. The van der Waals surface area contributed by atoms with Crippen molar-refractivity contribution in [3.63, 3.8) is 0 Å². The van der Waals surface area contributed by atoms with Crippen LogP contribution in [-0.4, -0.2) is 36.7 Å². The fourth-order valence-electron chi connectivity index (χ4n) is 6.30. The summed E-state index contributed by atoms with van der Waals surface area (Å²) in [6.45, 7) is 1.94. The quantitative estimate of drug-likeness (QED) is 0.610. The van der Waals surface area contributed by atoms with Crippen LogP contribution in [0.1, 0.15) is 44.7 Å². The van der Waals surface area contributed by atoms with Gasteiger partial charge in [-0.05, 0) is 67.9 Å². The van der Waals surface area contributed by atoms with Crippen LogP contribution in [0.2, 0.25) is 0 Å². The van der Waals surface area contributed by atoms with Gasteiger partial charge in [0.05, 0.1) is 24.2 Å². The predicted octanol–water partition coefficient (Wildman–Crippen LogP) is 4.80. The molecule has 0 N–H and O–H groups in total. The molecular formula is C27H31NO5. The predicted molar refractivity (Wildman–Crippen MR) is 124 cm³/mol. The van der Waals surface area contributed by atoms with Crippen LogP contribution in [-0.2, 0) is 19.1 Å². The molecule has 6 atom stereocenters. The fraction of sp³-hybridized carbons (Fsp3) is 0.519. The van der Waals surface area contributed by atoms with Crippen LogP contribution in [0.15, 0.2) is 36.4 Å². The summed E-state index contributed by atoms with van der Waals surface area (Å²) in [6.07, 6.45) is 10.4. The van der Waals surface area contributed by atoms with E-state index in [0.29, 0.717) is 23.5 Å². The van der Waals surface area contributed by atoms with Gasteiger partial charge >= 0.3 is 11.9 Å². The molecule has 3 fully saturated rings. The average Bonchev–Trinajstić information content (AvgIpc) is 3.12. The lowest BCUT2D eigenvalue weighted by molar-refractivity contribution is -0.144. The van der Waals surface area contributed by atoms with Gasteiger partial charge in [0.15, 0.2) is 6.61 Å². The standard InChI is InChI=1S/C27H31NO5/c1-16-26-22(21-6-4-3-5-17(21)14-23(26)27(30)33-16)11-9-19-8-7-18-13-20(10-12-24(18)28-19)32-15-25(29)31-2/h7-13,16-17,21-23,26H,3-6,14-15H2,1-2H3/b11-9+/t16-,17?,21?,22?,23?,26?/m1/s1. The number of esters is 2. The van der Waals surface area contributed by atoms with E-state index in [2.05, 4.69) is 23.8 Å². The van der Waals surface area contributed by atoms with E-state index in [1.54, 1.807) is 0 Å². The van der Waals surface area contributed by atoms with Gasteiger partial charge in [-0.15, -0.1) is 0 Å². The number of benzene rings is 1. The smallest absolute Gasteiger partial charge is 0.343 e. The molecular weight excluding hydrogens is 418 g/mol. The molecule has 33 heavy (non-hydrogen) atoms. The van der Waals surface area contributed by atoms with Crippen molar-refractivity contribution >= 4 is 28.9 Å². The summed E-state index contributed by atoms with van der Waals surface area (Å²) in [7, 11) is 1.34. The molecule has 174 valence electrons. The van der Waals surface area contributed by atoms with E-state index in [0.717, 1.165) is 23.0 Å². The number of cyclic esters (lactones) is 1. The number of rotatable bonds is 5. The maximum atomic E-state index is 12.5. The van der Waals surface area contributed by atoms with Crippen LogP contribution in [0.5, 0.6) is 5.75 Å². The summed E-state index contributed by atoms with van der Waals surface area (Å²) >= 11 is 0. The summed E-state index contributed by atoms with van der Waals surface area (Å²) in [4.78, 5) is 28.6. The van der Waals surface area contributed by atoms with E-state index in [-0.39, 0.29) is 30.5 Å². The number of carbonyl (C=O) groups excluding carboxylic acids is 2. The summed E-state index contributed by atoms with van der Waals surface area (Å²) in [6, 6.07) is 9.61. The molecule has 2 saturated carbocycles. The minimum Gasteiger partial charge on any atom is -0.482 e. The number of hydrogen-bond donors (Lipinski definition) is 0. The number of nitrogens with zero attached hydrogens (tertiary/aromatic N) is 1. The zero-order valence-corrected chi connectivity index (χ0v) is 19.2.